The highest BCUT2D eigenvalue weighted by molar-refractivity contribution is 5.79. The third kappa shape index (κ3) is 3.17. The van der Waals surface area contributed by atoms with Crippen molar-refractivity contribution in [1.82, 2.24) is 0 Å². The summed E-state index contributed by atoms with van der Waals surface area (Å²) in [5.74, 6) is 1.84. The van der Waals surface area contributed by atoms with Crippen molar-refractivity contribution in [3.63, 3.8) is 0 Å². The number of carbonyl (C=O) groups excluding carboxylic acids is 1. The van der Waals surface area contributed by atoms with Crippen molar-refractivity contribution in [2.75, 3.05) is 7.11 Å². The van der Waals surface area contributed by atoms with Gasteiger partial charge in [-0.05, 0) is 41.4 Å². The van der Waals surface area contributed by atoms with Gasteiger partial charge in [0.1, 0.15) is 11.5 Å². The molecule has 0 radical (unpaired) electrons. The zero-order chi connectivity index (χ0) is 14.0. The molecule has 0 bridgehead atoms. The van der Waals surface area contributed by atoms with Crippen molar-refractivity contribution in [2.24, 2.45) is 0 Å². The minimum Gasteiger partial charge on any atom is -0.496 e. The Kier molecular flexibility index (Phi) is 3.98. The van der Waals surface area contributed by atoms with E-state index in [1.807, 2.05) is 0 Å². The van der Waals surface area contributed by atoms with E-state index in [1.54, 1.807) is 7.11 Å². The van der Waals surface area contributed by atoms with Crippen LogP contribution in [-0.4, -0.2) is 12.9 Å². The number of benzene rings is 1. The quantitative estimate of drug-likeness (QED) is 0.796. The fourth-order valence-electron chi connectivity index (χ4n) is 2.77. The Bertz CT molecular complexity index is 459. The lowest BCUT2D eigenvalue weighted by atomic mass is 9.79. The molecule has 0 saturated heterocycles. The molecular formula is C17H24O2. The molecule has 0 heterocycles. The van der Waals surface area contributed by atoms with Gasteiger partial charge >= 0.3 is 0 Å². The van der Waals surface area contributed by atoms with E-state index in [9.17, 15) is 4.79 Å². The first kappa shape index (κ1) is 14.1. The van der Waals surface area contributed by atoms with Crippen LogP contribution in [0, 0.1) is 0 Å². The summed E-state index contributed by atoms with van der Waals surface area (Å²) in [4.78, 5) is 11.4. The monoisotopic (exact) mass is 260 g/mol. The lowest BCUT2D eigenvalue weighted by molar-refractivity contribution is -0.120. The predicted octanol–water partition coefficient (Wildman–Crippen LogP) is 4.22. The van der Waals surface area contributed by atoms with Crippen molar-refractivity contribution in [2.45, 2.75) is 57.8 Å². The van der Waals surface area contributed by atoms with E-state index >= 15 is 0 Å². The van der Waals surface area contributed by atoms with Crippen molar-refractivity contribution in [3.8, 4) is 5.75 Å². The summed E-state index contributed by atoms with van der Waals surface area (Å²) in [5, 5.41) is 0. The molecule has 0 spiro atoms. The fraction of sp³-hybridized carbons (Fsp3) is 0.588. The minimum absolute atomic E-state index is 0.144. The minimum atomic E-state index is 0.144. The molecule has 104 valence electrons. The van der Waals surface area contributed by atoms with Crippen LogP contribution in [0.2, 0.25) is 0 Å². The molecule has 2 heteroatoms. The average molecular weight is 260 g/mol. The molecule has 2 nitrogen and oxygen atoms in total. The number of methoxy groups -OCH3 is 1. The number of Topliss-reactive ketones (excluding diaryl/α,β-unsaturated/α-hetero) is 1. The smallest absolute Gasteiger partial charge is 0.132 e. The lowest BCUT2D eigenvalue weighted by Crippen LogP contribution is -2.16. The molecule has 0 aromatic heterocycles. The Labute approximate surface area is 116 Å². The highest BCUT2D eigenvalue weighted by Gasteiger charge is 2.24. The molecule has 1 aliphatic rings. The van der Waals surface area contributed by atoms with E-state index in [-0.39, 0.29) is 5.41 Å². The second-order valence-corrected chi connectivity index (χ2v) is 6.52. The highest BCUT2D eigenvalue weighted by atomic mass is 16.5. The maximum atomic E-state index is 11.4. The third-order valence-corrected chi connectivity index (χ3v) is 4.08. The predicted molar refractivity (Wildman–Crippen MR) is 77.9 cm³/mol. The van der Waals surface area contributed by atoms with Crippen molar-refractivity contribution < 1.29 is 9.53 Å². The standard InChI is InChI=1S/C17H24O2/c1-17(2,3)13-7-10-16(19-4)15(11-13)12-5-8-14(18)9-6-12/h7,10-12H,5-6,8-9H2,1-4H3. The second-order valence-electron chi connectivity index (χ2n) is 6.52. The van der Waals surface area contributed by atoms with E-state index in [2.05, 4.69) is 39.0 Å². The van der Waals surface area contributed by atoms with Gasteiger partial charge in [-0.2, -0.15) is 0 Å². The molecule has 1 fully saturated rings. The van der Waals surface area contributed by atoms with Gasteiger partial charge in [-0.25, -0.2) is 0 Å². The average Bonchev–Trinajstić information content (AvgIpc) is 2.38. The molecule has 19 heavy (non-hydrogen) atoms. The van der Waals surface area contributed by atoms with Crippen LogP contribution in [-0.2, 0) is 10.2 Å². The van der Waals surface area contributed by atoms with Crippen LogP contribution in [0.3, 0.4) is 0 Å². The molecule has 0 N–H and O–H groups in total. The molecule has 2 rings (SSSR count). The normalized spacial score (nSPS) is 17.6. The number of ketones is 1. The molecule has 1 saturated carbocycles. The number of hydrogen-bond donors (Lipinski definition) is 0. The first-order valence-electron chi connectivity index (χ1n) is 7.12. The maximum Gasteiger partial charge on any atom is 0.132 e. The van der Waals surface area contributed by atoms with E-state index in [1.165, 1.54) is 11.1 Å². The zero-order valence-corrected chi connectivity index (χ0v) is 12.5. The number of hydrogen-bond acceptors (Lipinski definition) is 2. The van der Waals surface area contributed by atoms with Crippen molar-refractivity contribution in [3.05, 3.63) is 29.3 Å². The molecule has 0 amide bonds. The molecule has 0 aliphatic heterocycles. The molecule has 0 unspecified atom stereocenters. The Morgan fingerprint density at radius 1 is 1.16 bits per heavy atom. The van der Waals surface area contributed by atoms with Gasteiger partial charge in [0.05, 0.1) is 7.11 Å². The summed E-state index contributed by atoms with van der Waals surface area (Å²) in [6.45, 7) is 6.68. The largest absolute Gasteiger partial charge is 0.496 e. The summed E-state index contributed by atoms with van der Waals surface area (Å²) in [6, 6.07) is 6.50. The molecule has 1 aliphatic carbocycles. The van der Waals surface area contributed by atoms with E-state index in [4.69, 9.17) is 4.74 Å². The fourth-order valence-corrected chi connectivity index (χ4v) is 2.77. The second kappa shape index (κ2) is 5.36. The van der Waals surface area contributed by atoms with E-state index in [0.29, 0.717) is 24.5 Å². The van der Waals surface area contributed by atoms with Crippen LogP contribution in [0.25, 0.3) is 0 Å². The molecular weight excluding hydrogens is 236 g/mol. The zero-order valence-electron chi connectivity index (χ0n) is 12.5. The SMILES string of the molecule is COc1ccc(C(C)(C)C)cc1C1CCC(=O)CC1. The van der Waals surface area contributed by atoms with Gasteiger partial charge in [0.2, 0.25) is 0 Å². The van der Waals surface area contributed by atoms with Gasteiger partial charge in [-0.15, -0.1) is 0 Å². The molecule has 1 aromatic carbocycles. The van der Waals surface area contributed by atoms with Crippen molar-refractivity contribution >= 4 is 5.78 Å². The van der Waals surface area contributed by atoms with Gasteiger partial charge in [-0.3, -0.25) is 4.79 Å². The summed E-state index contributed by atoms with van der Waals surface area (Å²) in [6.07, 6.45) is 3.35. The summed E-state index contributed by atoms with van der Waals surface area (Å²) < 4.78 is 5.51. The maximum absolute atomic E-state index is 11.4. The van der Waals surface area contributed by atoms with Crippen LogP contribution in [0.1, 0.15) is 63.5 Å². The first-order chi connectivity index (χ1) is 8.91. The van der Waals surface area contributed by atoms with Crippen LogP contribution in [0.4, 0.5) is 0 Å². The summed E-state index contributed by atoms with van der Waals surface area (Å²) >= 11 is 0. The topological polar surface area (TPSA) is 26.3 Å². The van der Waals surface area contributed by atoms with Crippen LogP contribution < -0.4 is 4.74 Å². The van der Waals surface area contributed by atoms with Gasteiger partial charge in [0.25, 0.3) is 0 Å². The summed E-state index contributed by atoms with van der Waals surface area (Å²) in [5.41, 5.74) is 2.76. The molecule has 1 aromatic rings. The first-order valence-corrected chi connectivity index (χ1v) is 7.12. The Hall–Kier alpha value is -1.31. The Morgan fingerprint density at radius 3 is 2.32 bits per heavy atom. The van der Waals surface area contributed by atoms with Crippen LogP contribution in [0.15, 0.2) is 18.2 Å². The van der Waals surface area contributed by atoms with Gasteiger partial charge in [-0.1, -0.05) is 32.9 Å². The Balaban J connectivity index is 2.33. The number of rotatable bonds is 2. The number of ether oxygens (including phenoxy) is 1. The number of carbonyl (C=O) groups is 1. The van der Waals surface area contributed by atoms with E-state index < -0.39 is 0 Å². The van der Waals surface area contributed by atoms with Gasteiger partial charge < -0.3 is 4.74 Å². The Morgan fingerprint density at radius 2 is 1.79 bits per heavy atom. The highest BCUT2D eigenvalue weighted by Crippen LogP contribution is 2.38. The van der Waals surface area contributed by atoms with Crippen LogP contribution >= 0.6 is 0 Å². The van der Waals surface area contributed by atoms with E-state index in [0.717, 1.165) is 18.6 Å². The lowest BCUT2D eigenvalue weighted by Gasteiger charge is -2.26. The molecule has 0 atom stereocenters. The van der Waals surface area contributed by atoms with Gasteiger partial charge in [0.15, 0.2) is 0 Å². The summed E-state index contributed by atoms with van der Waals surface area (Å²) in [7, 11) is 1.73. The van der Waals surface area contributed by atoms with Crippen molar-refractivity contribution in [1.29, 1.82) is 0 Å². The van der Waals surface area contributed by atoms with Gasteiger partial charge in [0, 0.05) is 12.8 Å². The van der Waals surface area contributed by atoms with Crippen LogP contribution in [0.5, 0.6) is 5.75 Å². The third-order valence-electron chi connectivity index (χ3n) is 4.08.